The van der Waals surface area contributed by atoms with Gasteiger partial charge in [0.15, 0.2) is 0 Å². The first-order chi connectivity index (χ1) is 6.67. The predicted molar refractivity (Wildman–Crippen MR) is 50.6 cm³/mol. The Kier molecular flexibility index (Phi) is 3.41. The molecule has 5 heteroatoms. The maximum Gasteiger partial charge on any atom is 0.238 e. The fourth-order valence-corrected chi connectivity index (χ4v) is 0.925. The second kappa shape index (κ2) is 4.57. The largest absolute Gasteiger partial charge is 0.497 e. The number of rotatable bonds is 3. The zero-order valence-electron chi connectivity index (χ0n) is 7.71. The van der Waals surface area contributed by atoms with E-state index >= 15 is 0 Å². The van der Waals surface area contributed by atoms with Crippen LogP contribution in [0.15, 0.2) is 18.2 Å². The maximum absolute atomic E-state index is 13.2. The molecule has 3 N–H and O–H groups in total. The topological polar surface area (TPSA) is 64.3 Å². The van der Waals surface area contributed by atoms with Gasteiger partial charge in [-0.15, -0.1) is 0 Å². The Hall–Kier alpha value is -1.62. The number of halogens is 1. The van der Waals surface area contributed by atoms with Gasteiger partial charge in [0, 0.05) is 6.07 Å². The third-order valence-electron chi connectivity index (χ3n) is 1.64. The van der Waals surface area contributed by atoms with Crippen LogP contribution < -0.4 is 15.8 Å². The number of methoxy groups -OCH3 is 1. The van der Waals surface area contributed by atoms with Crippen LogP contribution in [0.5, 0.6) is 5.75 Å². The molecule has 0 aliphatic rings. The Labute approximate surface area is 80.9 Å². The van der Waals surface area contributed by atoms with E-state index in [4.69, 9.17) is 10.5 Å². The summed E-state index contributed by atoms with van der Waals surface area (Å²) in [7, 11) is 1.44. The van der Waals surface area contributed by atoms with Crippen molar-refractivity contribution in [2.75, 3.05) is 19.0 Å². The van der Waals surface area contributed by atoms with Crippen LogP contribution in [-0.4, -0.2) is 19.6 Å². The van der Waals surface area contributed by atoms with Crippen molar-refractivity contribution in [1.29, 1.82) is 0 Å². The van der Waals surface area contributed by atoms with E-state index in [1.54, 1.807) is 6.07 Å². The number of hydrogen-bond donors (Lipinski definition) is 2. The molecule has 76 valence electrons. The van der Waals surface area contributed by atoms with E-state index in [1.807, 2.05) is 0 Å². The summed E-state index contributed by atoms with van der Waals surface area (Å²) in [5.74, 6) is -0.589. The van der Waals surface area contributed by atoms with E-state index < -0.39 is 11.7 Å². The van der Waals surface area contributed by atoms with Gasteiger partial charge in [-0.2, -0.15) is 0 Å². The average Bonchev–Trinajstić information content (AvgIpc) is 2.20. The van der Waals surface area contributed by atoms with Crippen LogP contribution in [0.4, 0.5) is 10.1 Å². The molecule has 4 nitrogen and oxygen atoms in total. The monoisotopic (exact) mass is 198 g/mol. The number of amides is 1. The molecule has 0 aromatic heterocycles. The van der Waals surface area contributed by atoms with Gasteiger partial charge in [-0.1, -0.05) is 0 Å². The summed E-state index contributed by atoms with van der Waals surface area (Å²) in [6.07, 6.45) is 0. The van der Waals surface area contributed by atoms with E-state index in [2.05, 4.69) is 5.32 Å². The summed E-state index contributed by atoms with van der Waals surface area (Å²) >= 11 is 0. The van der Waals surface area contributed by atoms with E-state index in [0.29, 0.717) is 5.75 Å². The number of carbonyl (C=O) groups is 1. The van der Waals surface area contributed by atoms with Crippen molar-refractivity contribution < 1.29 is 13.9 Å². The number of nitrogens with one attached hydrogen (secondary N) is 1. The van der Waals surface area contributed by atoms with Gasteiger partial charge in [0.1, 0.15) is 11.6 Å². The number of anilines is 1. The first-order valence-electron chi connectivity index (χ1n) is 4.01. The van der Waals surface area contributed by atoms with E-state index in [1.165, 1.54) is 19.2 Å². The van der Waals surface area contributed by atoms with Crippen LogP contribution in [-0.2, 0) is 4.79 Å². The summed E-state index contributed by atoms with van der Waals surface area (Å²) < 4.78 is 18.0. The molecule has 0 atom stereocenters. The lowest BCUT2D eigenvalue weighted by molar-refractivity contribution is -0.114. The van der Waals surface area contributed by atoms with Crippen molar-refractivity contribution in [3.05, 3.63) is 24.0 Å². The molecule has 0 fully saturated rings. The lowest BCUT2D eigenvalue weighted by Gasteiger charge is -2.06. The highest BCUT2D eigenvalue weighted by molar-refractivity contribution is 5.92. The molecule has 1 aromatic rings. The highest BCUT2D eigenvalue weighted by Gasteiger charge is 2.06. The van der Waals surface area contributed by atoms with Crippen LogP contribution in [0.2, 0.25) is 0 Å². The molecule has 0 aliphatic carbocycles. The highest BCUT2D eigenvalue weighted by Crippen LogP contribution is 2.19. The van der Waals surface area contributed by atoms with Crippen LogP contribution in [0.25, 0.3) is 0 Å². The number of benzene rings is 1. The first kappa shape index (κ1) is 10.5. The van der Waals surface area contributed by atoms with Gasteiger partial charge in [-0.25, -0.2) is 4.39 Å². The van der Waals surface area contributed by atoms with Crippen molar-refractivity contribution in [2.24, 2.45) is 5.73 Å². The zero-order chi connectivity index (χ0) is 10.6. The normalized spacial score (nSPS) is 9.64. The smallest absolute Gasteiger partial charge is 0.238 e. The van der Waals surface area contributed by atoms with Crippen molar-refractivity contribution >= 4 is 11.6 Å². The first-order valence-corrected chi connectivity index (χ1v) is 4.01. The second-order valence-corrected chi connectivity index (χ2v) is 2.60. The second-order valence-electron chi connectivity index (χ2n) is 2.60. The Balaban J connectivity index is 2.83. The van der Waals surface area contributed by atoms with E-state index in [9.17, 15) is 9.18 Å². The lowest BCUT2D eigenvalue weighted by atomic mass is 10.3. The summed E-state index contributed by atoms with van der Waals surface area (Å²) in [6, 6.07) is 4.16. The summed E-state index contributed by atoms with van der Waals surface area (Å²) in [4.78, 5) is 10.9. The van der Waals surface area contributed by atoms with E-state index in [0.717, 1.165) is 0 Å². The fraction of sp³-hybridized carbons (Fsp3) is 0.222. The van der Waals surface area contributed by atoms with Crippen molar-refractivity contribution in [2.45, 2.75) is 0 Å². The molecular formula is C9H11FN2O2. The molecule has 0 saturated carbocycles. The van der Waals surface area contributed by atoms with Gasteiger partial charge in [0.25, 0.3) is 0 Å². The summed E-state index contributed by atoms with van der Waals surface area (Å²) in [5, 5.41) is 2.32. The Morgan fingerprint density at radius 3 is 2.86 bits per heavy atom. The van der Waals surface area contributed by atoms with Gasteiger partial charge < -0.3 is 15.8 Å². The Bertz CT molecular complexity index is 342. The SMILES string of the molecule is COc1ccc(NC(=O)CN)c(F)c1. The molecule has 0 radical (unpaired) electrons. The summed E-state index contributed by atoms with van der Waals surface area (Å²) in [5.41, 5.74) is 5.17. The molecule has 0 aliphatic heterocycles. The van der Waals surface area contributed by atoms with Gasteiger partial charge in [0.05, 0.1) is 19.3 Å². The molecule has 0 spiro atoms. The highest BCUT2D eigenvalue weighted by atomic mass is 19.1. The molecule has 1 amide bonds. The molecule has 14 heavy (non-hydrogen) atoms. The van der Waals surface area contributed by atoms with Gasteiger partial charge in [-0.05, 0) is 12.1 Å². The number of carbonyl (C=O) groups excluding carboxylic acids is 1. The minimum Gasteiger partial charge on any atom is -0.497 e. The third-order valence-corrected chi connectivity index (χ3v) is 1.64. The fourth-order valence-electron chi connectivity index (χ4n) is 0.925. The van der Waals surface area contributed by atoms with E-state index in [-0.39, 0.29) is 12.2 Å². The number of hydrogen-bond acceptors (Lipinski definition) is 3. The predicted octanol–water partition coefficient (Wildman–Crippen LogP) is 0.732. The minimum absolute atomic E-state index is 0.0984. The Morgan fingerprint density at radius 2 is 2.36 bits per heavy atom. The van der Waals surface area contributed by atoms with Gasteiger partial charge in [-0.3, -0.25) is 4.79 Å². The molecule has 1 aromatic carbocycles. The van der Waals surface area contributed by atoms with Crippen LogP contribution >= 0.6 is 0 Å². The molecular weight excluding hydrogens is 187 g/mol. The summed E-state index contributed by atoms with van der Waals surface area (Å²) in [6.45, 7) is -0.175. The van der Waals surface area contributed by atoms with Crippen LogP contribution in [0.3, 0.4) is 0 Å². The van der Waals surface area contributed by atoms with Gasteiger partial charge in [0.2, 0.25) is 5.91 Å². The molecule has 0 saturated heterocycles. The van der Waals surface area contributed by atoms with Crippen LogP contribution in [0.1, 0.15) is 0 Å². The van der Waals surface area contributed by atoms with Crippen molar-refractivity contribution in [1.82, 2.24) is 0 Å². The van der Waals surface area contributed by atoms with Crippen molar-refractivity contribution in [3.8, 4) is 5.75 Å². The van der Waals surface area contributed by atoms with Crippen molar-refractivity contribution in [3.63, 3.8) is 0 Å². The zero-order valence-corrected chi connectivity index (χ0v) is 7.71. The minimum atomic E-state index is -0.550. The molecule has 0 unspecified atom stereocenters. The quantitative estimate of drug-likeness (QED) is 0.752. The van der Waals surface area contributed by atoms with Gasteiger partial charge >= 0.3 is 0 Å². The molecule has 0 bridgehead atoms. The number of nitrogens with two attached hydrogens (primary N) is 1. The third kappa shape index (κ3) is 2.43. The molecule has 1 rings (SSSR count). The van der Waals surface area contributed by atoms with Crippen LogP contribution in [0, 0.1) is 5.82 Å². The molecule has 0 heterocycles. The standard InChI is InChI=1S/C9H11FN2O2/c1-14-6-2-3-8(7(10)4-6)12-9(13)5-11/h2-4H,5,11H2,1H3,(H,12,13). The lowest BCUT2D eigenvalue weighted by Crippen LogP contribution is -2.22. The number of ether oxygens (including phenoxy) is 1. The maximum atomic E-state index is 13.2. The average molecular weight is 198 g/mol. The Morgan fingerprint density at radius 1 is 1.64 bits per heavy atom.